The average molecular weight is 316 g/mol. The molecule has 122 valence electrons. The highest BCUT2D eigenvalue weighted by molar-refractivity contribution is 5.81. The number of ether oxygens (including phenoxy) is 1. The first kappa shape index (κ1) is 18.2. The number of benzene rings is 1. The molecule has 22 heavy (non-hydrogen) atoms. The molecule has 0 saturated carbocycles. The van der Waals surface area contributed by atoms with Gasteiger partial charge < -0.3 is 15.8 Å². The molecule has 1 unspecified atom stereocenters. The van der Waals surface area contributed by atoms with Gasteiger partial charge >= 0.3 is 6.18 Å². The lowest BCUT2D eigenvalue weighted by atomic mass is 10.0. The maximum absolute atomic E-state index is 12.7. The summed E-state index contributed by atoms with van der Waals surface area (Å²) in [5.41, 5.74) is 4.91. The van der Waals surface area contributed by atoms with E-state index in [1.165, 1.54) is 19.2 Å². The van der Waals surface area contributed by atoms with Crippen molar-refractivity contribution in [1.29, 1.82) is 0 Å². The highest BCUT2D eigenvalue weighted by atomic mass is 19.4. The van der Waals surface area contributed by atoms with Crippen molar-refractivity contribution in [3.8, 4) is 0 Å². The van der Waals surface area contributed by atoms with E-state index in [4.69, 9.17) is 10.5 Å². The number of carbonyl (C=O) groups excluding carboxylic acids is 1. The summed E-state index contributed by atoms with van der Waals surface area (Å²) < 4.78 is 43.0. The Morgan fingerprint density at radius 3 is 2.73 bits per heavy atom. The molecule has 0 spiro atoms. The largest absolute Gasteiger partial charge is 0.416 e. The molecule has 0 aromatic heterocycles. The summed E-state index contributed by atoms with van der Waals surface area (Å²) >= 11 is 0. The van der Waals surface area contributed by atoms with Crippen molar-refractivity contribution in [1.82, 2.24) is 5.32 Å². The van der Waals surface area contributed by atoms with Gasteiger partial charge in [0.1, 0.15) is 6.10 Å². The number of nitrogens with two attached hydrogens (primary N) is 1. The fourth-order valence-corrected chi connectivity index (χ4v) is 1.82. The van der Waals surface area contributed by atoms with Gasteiger partial charge in [0.05, 0.1) is 5.56 Å². The zero-order chi connectivity index (χ0) is 16.6. The van der Waals surface area contributed by atoms with Crippen LogP contribution in [0, 0.1) is 0 Å². The SMILES string of the molecule is COC(Cc1cccc(C(F)(F)F)c1)C(=O)NC/C=C/CN. The fourth-order valence-electron chi connectivity index (χ4n) is 1.82. The van der Waals surface area contributed by atoms with Gasteiger partial charge in [-0.3, -0.25) is 4.79 Å². The molecule has 0 bridgehead atoms. The maximum atomic E-state index is 12.7. The molecule has 0 aliphatic rings. The molecule has 0 aliphatic carbocycles. The third-order valence-electron chi connectivity index (χ3n) is 2.95. The van der Waals surface area contributed by atoms with Crippen LogP contribution in [0.4, 0.5) is 13.2 Å². The summed E-state index contributed by atoms with van der Waals surface area (Å²) in [7, 11) is 1.34. The van der Waals surface area contributed by atoms with E-state index in [9.17, 15) is 18.0 Å². The Morgan fingerprint density at radius 1 is 1.41 bits per heavy atom. The lowest BCUT2D eigenvalue weighted by Crippen LogP contribution is -2.37. The van der Waals surface area contributed by atoms with Crippen molar-refractivity contribution in [2.45, 2.75) is 18.7 Å². The Morgan fingerprint density at radius 2 is 2.14 bits per heavy atom. The molecule has 0 aliphatic heterocycles. The monoisotopic (exact) mass is 316 g/mol. The van der Waals surface area contributed by atoms with Crippen LogP contribution in [0.15, 0.2) is 36.4 Å². The fraction of sp³-hybridized carbons (Fsp3) is 0.400. The maximum Gasteiger partial charge on any atom is 0.416 e. The van der Waals surface area contributed by atoms with Crippen molar-refractivity contribution < 1.29 is 22.7 Å². The van der Waals surface area contributed by atoms with Crippen molar-refractivity contribution in [2.75, 3.05) is 20.2 Å². The molecule has 1 atom stereocenters. The Hall–Kier alpha value is -1.86. The number of carbonyl (C=O) groups is 1. The predicted octanol–water partition coefficient (Wildman–Crippen LogP) is 1.89. The summed E-state index contributed by atoms with van der Waals surface area (Å²) in [6.07, 6.45) is -1.82. The smallest absolute Gasteiger partial charge is 0.371 e. The van der Waals surface area contributed by atoms with Gasteiger partial charge in [0.15, 0.2) is 0 Å². The molecular weight excluding hydrogens is 297 g/mol. The summed E-state index contributed by atoms with van der Waals surface area (Å²) in [6.45, 7) is 0.659. The summed E-state index contributed by atoms with van der Waals surface area (Å²) in [5, 5.41) is 2.61. The van der Waals surface area contributed by atoms with Gasteiger partial charge in [-0.25, -0.2) is 0 Å². The zero-order valence-corrected chi connectivity index (χ0v) is 12.2. The Balaban J connectivity index is 2.69. The highest BCUT2D eigenvalue weighted by Crippen LogP contribution is 2.29. The van der Waals surface area contributed by atoms with E-state index in [1.54, 1.807) is 12.2 Å². The van der Waals surface area contributed by atoms with Gasteiger partial charge in [0.2, 0.25) is 5.91 Å². The molecule has 0 heterocycles. The number of rotatable bonds is 7. The van der Waals surface area contributed by atoms with Gasteiger partial charge in [-0.15, -0.1) is 0 Å². The summed E-state index contributed by atoms with van der Waals surface area (Å²) in [4.78, 5) is 11.9. The van der Waals surface area contributed by atoms with E-state index in [-0.39, 0.29) is 12.3 Å². The molecule has 7 heteroatoms. The first-order valence-electron chi connectivity index (χ1n) is 6.70. The number of hydrogen-bond acceptors (Lipinski definition) is 3. The van der Waals surface area contributed by atoms with Crippen LogP contribution < -0.4 is 11.1 Å². The minimum absolute atomic E-state index is 0.0624. The van der Waals surface area contributed by atoms with Crippen molar-refractivity contribution in [2.24, 2.45) is 5.73 Å². The topological polar surface area (TPSA) is 64.3 Å². The van der Waals surface area contributed by atoms with Crippen LogP contribution in [-0.2, 0) is 22.1 Å². The molecule has 0 fully saturated rings. The Bertz CT molecular complexity index is 516. The van der Waals surface area contributed by atoms with Crippen LogP contribution in [0.1, 0.15) is 11.1 Å². The molecule has 1 rings (SSSR count). The van der Waals surface area contributed by atoms with Crippen LogP contribution in [0.5, 0.6) is 0 Å². The van der Waals surface area contributed by atoms with E-state index in [0.717, 1.165) is 12.1 Å². The number of amides is 1. The van der Waals surface area contributed by atoms with Gasteiger partial charge in [-0.05, 0) is 11.6 Å². The second kappa shape index (κ2) is 8.55. The first-order chi connectivity index (χ1) is 10.4. The van der Waals surface area contributed by atoms with Crippen LogP contribution in [-0.4, -0.2) is 32.2 Å². The minimum Gasteiger partial charge on any atom is -0.371 e. The normalized spacial score (nSPS) is 13.3. The number of alkyl halides is 3. The molecule has 1 amide bonds. The van der Waals surface area contributed by atoms with E-state index < -0.39 is 17.8 Å². The van der Waals surface area contributed by atoms with Crippen molar-refractivity contribution >= 4 is 5.91 Å². The van der Waals surface area contributed by atoms with Crippen molar-refractivity contribution in [3.05, 3.63) is 47.5 Å². The van der Waals surface area contributed by atoms with Crippen LogP contribution in [0.2, 0.25) is 0 Å². The Kier molecular flexibility index (Phi) is 7.07. The van der Waals surface area contributed by atoms with Gasteiger partial charge in [-0.1, -0.05) is 30.4 Å². The summed E-state index contributed by atoms with van der Waals surface area (Å²) in [6, 6.07) is 4.85. The third kappa shape index (κ3) is 5.87. The number of halogens is 3. The van der Waals surface area contributed by atoms with Crippen molar-refractivity contribution in [3.63, 3.8) is 0 Å². The lowest BCUT2D eigenvalue weighted by molar-refractivity contribution is -0.137. The molecule has 3 N–H and O–H groups in total. The minimum atomic E-state index is -4.41. The summed E-state index contributed by atoms with van der Waals surface area (Å²) in [5.74, 6) is -0.387. The molecule has 4 nitrogen and oxygen atoms in total. The van der Waals surface area contributed by atoms with E-state index in [0.29, 0.717) is 18.7 Å². The molecule has 0 saturated heterocycles. The molecule has 0 radical (unpaired) electrons. The molecule has 1 aromatic rings. The van der Waals surface area contributed by atoms with Gasteiger partial charge in [0, 0.05) is 26.6 Å². The highest BCUT2D eigenvalue weighted by Gasteiger charge is 2.30. The van der Waals surface area contributed by atoms with Crippen LogP contribution in [0.3, 0.4) is 0 Å². The zero-order valence-electron chi connectivity index (χ0n) is 12.2. The standard InChI is InChI=1S/C15H19F3N2O2/c1-22-13(14(21)20-8-3-2-7-19)10-11-5-4-6-12(9-11)15(16,17)18/h2-6,9,13H,7-8,10,19H2,1H3,(H,20,21)/b3-2+. The van der Waals surface area contributed by atoms with Crippen LogP contribution >= 0.6 is 0 Å². The Labute approximate surface area is 127 Å². The number of nitrogens with one attached hydrogen (secondary N) is 1. The quantitative estimate of drug-likeness (QED) is 0.755. The molecular formula is C15H19F3N2O2. The third-order valence-corrected chi connectivity index (χ3v) is 2.95. The van der Waals surface area contributed by atoms with E-state index >= 15 is 0 Å². The second-order valence-electron chi connectivity index (χ2n) is 4.58. The van der Waals surface area contributed by atoms with Crippen LogP contribution in [0.25, 0.3) is 0 Å². The number of hydrogen-bond donors (Lipinski definition) is 2. The first-order valence-corrected chi connectivity index (χ1v) is 6.70. The van der Waals surface area contributed by atoms with E-state index in [2.05, 4.69) is 5.32 Å². The lowest BCUT2D eigenvalue weighted by Gasteiger charge is -2.15. The van der Waals surface area contributed by atoms with Gasteiger partial charge in [-0.2, -0.15) is 13.2 Å². The predicted molar refractivity (Wildman–Crippen MR) is 77.1 cm³/mol. The molecule has 1 aromatic carbocycles. The number of methoxy groups -OCH3 is 1. The average Bonchev–Trinajstić information content (AvgIpc) is 2.48. The van der Waals surface area contributed by atoms with Gasteiger partial charge in [0.25, 0.3) is 0 Å². The van der Waals surface area contributed by atoms with E-state index in [1.807, 2.05) is 0 Å². The second-order valence-corrected chi connectivity index (χ2v) is 4.58.